The fourth-order valence-electron chi connectivity index (χ4n) is 2.12. The van der Waals surface area contributed by atoms with E-state index in [2.05, 4.69) is 6.92 Å². The third kappa shape index (κ3) is 1.93. The van der Waals surface area contributed by atoms with Crippen LogP contribution in [0.25, 0.3) is 11.0 Å². The molecule has 1 heterocycles. The molecule has 0 unspecified atom stereocenters. The van der Waals surface area contributed by atoms with E-state index in [-0.39, 0.29) is 11.7 Å². The van der Waals surface area contributed by atoms with Gasteiger partial charge in [0.15, 0.2) is 0 Å². The molecule has 0 fully saturated rings. The van der Waals surface area contributed by atoms with E-state index in [1.54, 1.807) is 0 Å². The van der Waals surface area contributed by atoms with Crippen LogP contribution in [0.5, 0.6) is 0 Å². The summed E-state index contributed by atoms with van der Waals surface area (Å²) in [5.41, 5.74) is 2.64. The summed E-state index contributed by atoms with van der Waals surface area (Å²) in [6.45, 7) is 6.04. The van der Waals surface area contributed by atoms with Gasteiger partial charge in [0, 0.05) is 10.9 Å². The van der Waals surface area contributed by atoms with Crippen molar-refractivity contribution in [2.45, 2.75) is 33.1 Å². The molecule has 2 aromatic rings. The van der Waals surface area contributed by atoms with Crippen LogP contribution in [0.2, 0.25) is 0 Å². The van der Waals surface area contributed by atoms with E-state index in [1.165, 1.54) is 5.56 Å². The lowest BCUT2D eigenvalue weighted by atomic mass is 9.98. The Bertz CT molecular complexity index is 564. The van der Waals surface area contributed by atoms with Gasteiger partial charge in [0.05, 0.1) is 0 Å². The minimum Gasteiger partial charge on any atom is -0.475 e. The molecule has 3 nitrogen and oxygen atoms in total. The Kier molecular flexibility index (Phi) is 2.92. The van der Waals surface area contributed by atoms with Crippen molar-refractivity contribution in [3.05, 3.63) is 35.1 Å². The van der Waals surface area contributed by atoms with Crippen molar-refractivity contribution in [1.82, 2.24) is 0 Å². The Labute approximate surface area is 100 Å². The van der Waals surface area contributed by atoms with E-state index in [4.69, 9.17) is 9.52 Å². The van der Waals surface area contributed by atoms with Gasteiger partial charge in [0.1, 0.15) is 5.58 Å². The first kappa shape index (κ1) is 11.7. The van der Waals surface area contributed by atoms with E-state index in [0.717, 1.165) is 17.4 Å². The van der Waals surface area contributed by atoms with Gasteiger partial charge in [-0.25, -0.2) is 4.79 Å². The first-order valence-electron chi connectivity index (χ1n) is 5.83. The predicted octanol–water partition coefficient (Wildman–Crippen LogP) is 3.82. The quantitative estimate of drug-likeness (QED) is 0.875. The summed E-state index contributed by atoms with van der Waals surface area (Å²) >= 11 is 0. The van der Waals surface area contributed by atoms with Gasteiger partial charge in [-0.05, 0) is 30.0 Å². The molecule has 0 atom stereocenters. The lowest BCUT2D eigenvalue weighted by Gasteiger charge is -2.04. The van der Waals surface area contributed by atoms with Crippen LogP contribution >= 0.6 is 0 Å². The second kappa shape index (κ2) is 4.24. The third-order valence-corrected chi connectivity index (χ3v) is 2.97. The van der Waals surface area contributed by atoms with Crippen molar-refractivity contribution in [1.29, 1.82) is 0 Å². The fourth-order valence-corrected chi connectivity index (χ4v) is 2.12. The fraction of sp³-hybridized carbons (Fsp3) is 0.357. The molecule has 0 aliphatic rings. The van der Waals surface area contributed by atoms with Gasteiger partial charge in [-0.3, -0.25) is 0 Å². The number of aromatic carboxylic acids is 1. The van der Waals surface area contributed by atoms with E-state index >= 15 is 0 Å². The minimum atomic E-state index is -0.997. The zero-order chi connectivity index (χ0) is 12.6. The number of fused-ring (bicyclic) bond motifs is 1. The normalized spacial score (nSPS) is 11.3. The highest BCUT2D eigenvalue weighted by Crippen LogP contribution is 2.32. The molecule has 1 aromatic carbocycles. The van der Waals surface area contributed by atoms with Crippen LogP contribution in [0.4, 0.5) is 0 Å². The topological polar surface area (TPSA) is 50.4 Å². The summed E-state index contributed by atoms with van der Waals surface area (Å²) in [6.07, 6.45) is 0.932. The number of rotatable bonds is 3. The second-order valence-electron chi connectivity index (χ2n) is 4.49. The Balaban J connectivity index is 2.77. The summed E-state index contributed by atoms with van der Waals surface area (Å²) < 4.78 is 5.42. The highest BCUT2D eigenvalue weighted by atomic mass is 16.4. The number of hydrogen-bond donors (Lipinski definition) is 1. The summed E-state index contributed by atoms with van der Waals surface area (Å²) in [6, 6.07) is 5.86. The molecule has 0 spiro atoms. The number of carbonyl (C=O) groups is 1. The molecule has 17 heavy (non-hydrogen) atoms. The van der Waals surface area contributed by atoms with Crippen molar-refractivity contribution in [2.75, 3.05) is 0 Å². The number of aryl methyl sites for hydroxylation is 1. The maximum Gasteiger partial charge on any atom is 0.372 e. The maximum atomic E-state index is 11.2. The average Bonchev–Trinajstić information content (AvgIpc) is 2.66. The van der Waals surface area contributed by atoms with Gasteiger partial charge >= 0.3 is 5.97 Å². The van der Waals surface area contributed by atoms with E-state index in [0.29, 0.717) is 5.58 Å². The van der Waals surface area contributed by atoms with Crippen LogP contribution < -0.4 is 0 Å². The van der Waals surface area contributed by atoms with Crippen molar-refractivity contribution >= 4 is 16.9 Å². The summed E-state index contributed by atoms with van der Waals surface area (Å²) in [5.74, 6) is -0.791. The molecule has 0 bridgehead atoms. The molecule has 0 aliphatic carbocycles. The zero-order valence-corrected chi connectivity index (χ0v) is 10.3. The largest absolute Gasteiger partial charge is 0.475 e. The van der Waals surface area contributed by atoms with Gasteiger partial charge in [-0.1, -0.05) is 26.8 Å². The van der Waals surface area contributed by atoms with Crippen molar-refractivity contribution in [3.8, 4) is 0 Å². The van der Waals surface area contributed by atoms with Crippen molar-refractivity contribution in [3.63, 3.8) is 0 Å². The zero-order valence-electron chi connectivity index (χ0n) is 10.3. The predicted molar refractivity (Wildman–Crippen MR) is 66.6 cm³/mol. The average molecular weight is 232 g/mol. The molecule has 90 valence electrons. The maximum absolute atomic E-state index is 11.2. The summed E-state index contributed by atoms with van der Waals surface area (Å²) in [4.78, 5) is 11.2. The number of furan rings is 1. The molecule has 2 rings (SSSR count). The summed E-state index contributed by atoms with van der Waals surface area (Å²) in [5, 5.41) is 10.1. The molecule has 1 N–H and O–H groups in total. The van der Waals surface area contributed by atoms with Crippen LogP contribution in [-0.4, -0.2) is 11.1 Å². The molecule has 3 heteroatoms. The van der Waals surface area contributed by atoms with Crippen LogP contribution in [-0.2, 0) is 6.42 Å². The van der Waals surface area contributed by atoms with Gasteiger partial charge in [0.25, 0.3) is 0 Å². The Morgan fingerprint density at radius 1 is 1.41 bits per heavy atom. The second-order valence-corrected chi connectivity index (χ2v) is 4.49. The van der Waals surface area contributed by atoms with E-state index < -0.39 is 5.97 Å². The van der Waals surface area contributed by atoms with Crippen molar-refractivity contribution < 1.29 is 14.3 Å². The van der Waals surface area contributed by atoms with Crippen LogP contribution in [0.3, 0.4) is 0 Å². The first-order chi connectivity index (χ1) is 8.04. The standard InChI is InChI=1S/C14H16O3/c1-4-9-5-6-11-10(7-9)12(8(2)3)13(17-11)14(15)16/h5-8H,4H2,1-3H3,(H,15,16). The van der Waals surface area contributed by atoms with Crippen LogP contribution in [0.15, 0.2) is 22.6 Å². The smallest absolute Gasteiger partial charge is 0.372 e. The Morgan fingerprint density at radius 2 is 2.12 bits per heavy atom. The Hall–Kier alpha value is -1.77. The molecule has 0 aliphatic heterocycles. The number of benzene rings is 1. The molecule has 1 aromatic heterocycles. The minimum absolute atomic E-state index is 0.0725. The van der Waals surface area contributed by atoms with Gasteiger partial charge in [-0.15, -0.1) is 0 Å². The van der Waals surface area contributed by atoms with Gasteiger partial charge < -0.3 is 9.52 Å². The lowest BCUT2D eigenvalue weighted by Crippen LogP contribution is -2.00. The highest BCUT2D eigenvalue weighted by molar-refractivity contribution is 5.95. The van der Waals surface area contributed by atoms with E-state index in [1.807, 2.05) is 32.0 Å². The molecule has 0 saturated carbocycles. The molecule has 0 amide bonds. The SMILES string of the molecule is CCc1ccc2oc(C(=O)O)c(C(C)C)c2c1. The third-order valence-electron chi connectivity index (χ3n) is 2.97. The number of carboxylic acids is 1. The summed E-state index contributed by atoms with van der Waals surface area (Å²) in [7, 11) is 0. The molecule has 0 saturated heterocycles. The first-order valence-corrected chi connectivity index (χ1v) is 5.83. The van der Waals surface area contributed by atoms with E-state index in [9.17, 15) is 4.79 Å². The lowest BCUT2D eigenvalue weighted by molar-refractivity contribution is 0.0663. The highest BCUT2D eigenvalue weighted by Gasteiger charge is 2.21. The van der Waals surface area contributed by atoms with Gasteiger partial charge in [0.2, 0.25) is 5.76 Å². The molecular formula is C14H16O3. The molecular weight excluding hydrogens is 216 g/mol. The van der Waals surface area contributed by atoms with Crippen molar-refractivity contribution in [2.24, 2.45) is 0 Å². The monoisotopic (exact) mass is 232 g/mol. The molecule has 0 radical (unpaired) electrons. The van der Waals surface area contributed by atoms with Gasteiger partial charge in [-0.2, -0.15) is 0 Å². The number of hydrogen-bond acceptors (Lipinski definition) is 2. The van der Waals surface area contributed by atoms with Crippen LogP contribution in [0, 0.1) is 0 Å². The van der Waals surface area contributed by atoms with Crippen LogP contribution in [0.1, 0.15) is 48.4 Å². The Morgan fingerprint density at radius 3 is 2.65 bits per heavy atom. The number of carboxylic acid groups (broad SMARTS) is 1.